The number of aromatic carboxylic acids is 2. The molecule has 0 aromatic heterocycles. The third-order valence-electron chi connectivity index (χ3n) is 2.91. The third-order valence-corrected chi connectivity index (χ3v) is 2.91. The van der Waals surface area contributed by atoms with Crippen molar-refractivity contribution in [3.05, 3.63) is 53.3 Å². The summed E-state index contributed by atoms with van der Waals surface area (Å²) in [6.07, 6.45) is 0. The fourth-order valence-electron chi connectivity index (χ4n) is 1.88. The number of carboxylic acids is 2. The molecule has 0 heterocycles. The Bertz CT molecular complexity index is 724. The van der Waals surface area contributed by atoms with Gasteiger partial charge in [0.15, 0.2) is 0 Å². The van der Waals surface area contributed by atoms with Crippen LogP contribution in [0.5, 0.6) is 5.75 Å². The van der Waals surface area contributed by atoms with Crippen LogP contribution in [0.3, 0.4) is 0 Å². The highest BCUT2D eigenvalue weighted by Gasteiger charge is 2.14. The molecule has 0 radical (unpaired) electrons. The molecule has 0 spiro atoms. The van der Waals surface area contributed by atoms with Crippen LogP contribution in [0.2, 0.25) is 0 Å². The highest BCUT2D eigenvalue weighted by atomic mass is 19.1. The van der Waals surface area contributed by atoms with Crippen LogP contribution >= 0.6 is 0 Å². The Morgan fingerprint density at radius 1 is 1.00 bits per heavy atom. The molecule has 0 bridgehead atoms. The molecule has 2 aromatic rings. The Kier molecular flexibility index (Phi) is 3.89. The number of halogens is 1. The third kappa shape index (κ3) is 3.00. The molecule has 0 fully saturated rings. The Morgan fingerprint density at radius 2 is 1.67 bits per heavy atom. The van der Waals surface area contributed by atoms with E-state index >= 15 is 0 Å². The van der Waals surface area contributed by atoms with E-state index in [1.54, 1.807) is 0 Å². The Balaban J connectivity index is 2.65. The Morgan fingerprint density at radius 3 is 2.24 bits per heavy atom. The lowest BCUT2D eigenvalue weighted by atomic mass is 10.00. The van der Waals surface area contributed by atoms with Crippen LogP contribution < -0.4 is 4.74 Å². The normalized spacial score (nSPS) is 10.2. The highest BCUT2D eigenvalue weighted by Crippen LogP contribution is 2.29. The monoisotopic (exact) mass is 290 g/mol. The maximum absolute atomic E-state index is 13.9. The second kappa shape index (κ2) is 5.62. The van der Waals surface area contributed by atoms with Crippen LogP contribution in [0, 0.1) is 5.82 Å². The van der Waals surface area contributed by atoms with E-state index in [1.807, 2.05) is 0 Å². The van der Waals surface area contributed by atoms with E-state index in [-0.39, 0.29) is 28.0 Å². The summed E-state index contributed by atoms with van der Waals surface area (Å²) in [5, 5.41) is 18.0. The van der Waals surface area contributed by atoms with Crippen molar-refractivity contribution in [3.63, 3.8) is 0 Å². The Labute approximate surface area is 119 Å². The molecule has 0 aliphatic carbocycles. The van der Waals surface area contributed by atoms with E-state index in [4.69, 9.17) is 14.9 Å². The van der Waals surface area contributed by atoms with Crippen molar-refractivity contribution in [2.75, 3.05) is 7.11 Å². The van der Waals surface area contributed by atoms with Crippen molar-refractivity contribution in [2.45, 2.75) is 0 Å². The van der Waals surface area contributed by atoms with Crippen LogP contribution in [0.1, 0.15) is 20.7 Å². The lowest BCUT2D eigenvalue weighted by Crippen LogP contribution is -2.00. The van der Waals surface area contributed by atoms with Gasteiger partial charge in [0, 0.05) is 5.56 Å². The molecule has 21 heavy (non-hydrogen) atoms. The summed E-state index contributed by atoms with van der Waals surface area (Å²) in [6, 6.07) is 7.31. The summed E-state index contributed by atoms with van der Waals surface area (Å²) < 4.78 is 18.9. The van der Waals surface area contributed by atoms with Gasteiger partial charge >= 0.3 is 11.9 Å². The predicted octanol–water partition coefficient (Wildman–Crippen LogP) is 2.90. The molecule has 0 saturated heterocycles. The van der Waals surface area contributed by atoms with Gasteiger partial charge in [-0.3, -0.25) is 0 Å². The van der Waals surface area contributed by atoms with Gasteiger partial charge in [0.1, 0.15) is 11.6 Å². The van der Waals surface area contributed by atoms with Gasteiger partial charge in [0.05, 0.1) is 18.2 Å². The van der Waals surface area contributed by atoms with Gasteiger partial charge in [-0.15, -0.1) is 0 Å². The summed E-state index contributed by atoms with van der Waals surface area (Å²) in [4.78, 5) is 22.0. The van der Waals surface area contributed by atoms with Crippen LogP contribution in [-0.2, 0) is 0 Å². The number of ether oxygens (including phenoxy) is 1. The summed E-state index contributed by atoms with van der Waals surface area (Å²) >= 11 is 0. The Hall–Kier alpha value is -2.89. The lowest BCUT2D eigenvalue weighted by Gasteiger charge is -2.09. The van der Waals surface area contributed by atoms with Crippen LogP contribution in [0.4, 0.5) is 4.39 Å². The van der Waals surface area contributed by atoms with E-state index in [0.717, 1.165) is 18.2 Å². The molecule has 2 aromatic carbocycles. The van der Waals surface area contributed by atoms with Gasteiger partial charge in [-0.2, -0.15) is 0 Å². The number of carbonyl (C=O) groups is 2. The molecule has 0 aliphatic rings. The first-order valence-electron chi connectivity index (χ1n) is 5.88. The second-order valence-electron chi connectivity index (χ2n) is 4.26. The van der Waals surface area contributed by atoms with Crippen molar-refractivity contribution in [2.24, 2.45) is 0 Å². The first-order valence-corrected chi connectivity index (χ1v) is 5.88. The summed E-state index contributed by atoms with van der Waals surface area (Å²) in [7, 11) is 1.36. The van der Waals surface area contributed by atoms with Crippen LogP contribution in [-0.4, -0.2) is 29.3 Å². The fourth-order valence-corrected chi connectivity index (χ4v) is 1.88. The first-order chi connectivity index (χ1) is 9.92. The number of carboxylic acid groups (broad SMARTS) is 2. The molecule has 2 N–H and O–H groups in total. The molecule has 2 rings (SSSR count). The molecule has 0 aliphatic heterocycles. The van der Waals surface area contributed by atoms with Gasteiger partial charge in [-0.25, -0.2) is 14.0 Å². The molecular formula is C15H11FO5. The minimum absolute atomic E-state index is 0.00343. The molecular weight excluding hydrogens is 279 g/mol. The van der Waals surface area contributed by atoms with E-state index in [0.29, 0.717) is 0 Å². The molecule has 0 atom stereocenters. The smallest absolute Gasteiger partial charge is 0.335 e. The topological polar surface area (TPSA) is 83.8 Å². The quantitative estimate of drug-likeness (QED) is 0.904. The largest absolute Gasteiger partial charge is 0.497 e. The highest BCUT2D eigenvalue weighted by molar-refractivity contribution is 5.92. The fraction of sp³-hybridized carbons (Fsp3) is 0.0667. The van der Waals surface area contributed by atoms with Crippen LogP contribution in [0.25, 0.3) is 11.1 Å². The van der Waals surface area contributed by atoms with E-state index in [1.165, 1.54) is 25.3 Å². The van der Waals surface area contributed by atoms with E-state index < -0.39 is 17.8 Å². The van der Waals surface area contributed by atoms with Gasteiger partial charge in [0.25, 0.3) is 0 Å². The van der Waals surface area contributed by atoms with Gasteiger partial charge in [-0.05, 0) is 42.0 Å². The number of hydrogen-bond acceptors (Lipinski definition) is 3. The van der Waals surface area contributed by atoms with Crippen LogP contribution in [0.15, 0.2) is 36.4 Å². The maximum atomic E-state index is 13.9. The number of benzene rings is 2. The zero-order valence-electron chi connectivity index (χ0n) is 11.0. The van der Waals surface area contributed by atoms with Gasteiger partial charge in [0.2, 0.25) is 0 Å². The number of rotatable bonds is 4. The lowest BCUT2D eigenvalue weighted by molar-refractivity contribution is 0.0685. The molecule has 5 nitrogen and oxygen atoms in total. The number of methoxy groups -OCH3 is 1. The SMILES string of the molecule is COc1cc(C(=O)O)cc(-c2cc(C(=O)O)ccc2F)c1. The average molecular weight is 290 g/mol. The molecule has 6 heteroatoms. The van der Waals surface area contributed by atoms with Crippen molar-refractivity contribution < 1.29 is 28.9 Å². The zero-order valence-corrected chi connectivity index (χ0v) is 11.0. The molecule has 0 saturated carbocycles. The van der Waals surface area contributed by atoms with Crippen molar-refractivity contribution in [1.82, 2.24) is 0 Å². The zero-order chi connectivity index (χ0) is 15.6. The minimum atomic E-state index is -1.20. The average Bonchev–Trinajstić information content (AvgIpc) is 2.46. The predicted molar refractivity (Wildman–Crippen MR) is 72.3 cm³/mol. The second-order valence-corrected chi connectivity index (χ2v) is 4.26. The van der Waals surface area contributed by atoms with Gasteiger partial charge in [-0.1, -0.05) is 0 Å². The standard InChI is InChI=1S/C15H11FO5/c1-21-11-5-9(4-10(6-11)15(19)20)12-7-8(14(17)18)2-3-13(12)16/h2-7H,1H3,(H,17,18)(H,19,20). The minimum Gasteiger partial charge on any atom is -0.497 e. The van der Waals surface area contributed by atoms with Crippen molar-refractivity contribution in [1.29, 1.82) is 0 Å². The first kappa shape index (κ1) is 14.5. The van der Waals surface area contributed by atoms with Crippen molar-refractivity contribution in [3.8, 4) is 16.9 Å². The summed E-state index contributed by atoms with van der Waals surface area (Å²) in [5.41, 5.74) is 0.0548. The summed E-state index contributed by atoms with van der Waals surface area (Å²) in [5.74, 6) is -2.79. The summed E-state index contributed by atoms with van der Waals surface area (Å²) in [6.45, 7) is 0. The van der Waals surface area contributed by atoms with E-state index in [9.17, 15) is 14.0 Å². The maximum Gasteiger partial charge on any atom is 0.335 e. The van der Waals surface area contributed by atoms with Crippen molar-refractivity contribution >= 4 is 11.9 Å². The molecule has 108 valence electrons. The molecule has 0 unspecified atom stereocenters. The van der Waals surface area contributed by atoms with Gasteiger partial charge < -0.3 is 14.9 Å². The molecule has 0 amide bonds. The van der Waals surface area contributed by atoms with E-state index in [2.05, 4.69) is 0 Å². The number of hydrogen-bond donors (Lipinski definition) is 2.